The summed E-state index contributed by atoms with van der Waals surface area (Å²) in [5.41, 5.74) is -0.206. The molecule has 1 aromatic carbocycles. The number of nitro benzene ring substituents is 1. The van der Waals surface area contributed by atoms with Gasteiger partial charge in [0.15, 0.2) is 0 Å². The monoisotopic (exact) mass is 365 g/mol. The number of halogens is 1. The van der Waals surface area contributed by atoms with Crippen molar-refractivity contribution in [3.05, 3.63) is 28.3 Å². The molecule has 8 nitrogen and oxygen atoms in total. The minimum atomic E-state index is -3.74. The highest BCUT2D eigenvalue weighted by Crippen LogP contribution is 2.31. The second kappa shape index (κ2) is 7.91. The lowest BCUT2D eigenvalue weighted by Crippen LogP contribution is -2.46. The Kier molecular flexibility index (Phi) is 6.75. The number of ether oxygens (including phenoxy) is 1. The lowest BCUT2D eigenvalue weighted by molar-refractivity contribution is -0.385. The van der Waals surface area contributed by atoms with Gasteiger partial charge in [-0.25, -0.2) is 8.42 Å². The Morgan fingerprint density at radius 1 is 1.43 bits per heavy atom. The number of hydrogen-bond donors (Lipinski definition) is 1. The Bertz CT molecular complexity index is 668. The predicted molar refractivity (Wildman–Crippen MR) is 87.7 cm³/mol. The number of hydrogen-bond acceptors (Lipinski definition) is 6. The van der Waals surface area contributed by atoms with Gasteiger partial charge in [-0.05, 0) is 26.0 Å². The summed E-state index contributed by atoms with van der Waals surface area (Å²) in [6, 6.07) is 3.64. The maximum Gasteiger partial charge on any atom is 0.273 e. The molecule has 0 radical (unpaired) electrons. The van der Waals surface area contributed by atoms with Crippen molar-refractivity contribution in [2.24, 2.45) is 0 Å². The molecule has 1 heterocycles. The Labute approximate surface area is 141 Å². The van der Waals surface area contributed by atoms with E-state index >= 15 is 0 Å². The molecule has 1 unspecified atom stereocenters. The van der Waals surface area contributed by atoms with Crippen molar-refractivity contribution in [1.29, 1.82) is 0 Å². The first-order valence-electron chi connectivity index (χ1n) is 6.90. The third kappa shape index (κ3) is 4.11. The smallest absolute Gasteiger partial charge is 0.273 e. The van der Waals surface area contributed by atoms with E-state index in [0.29, 0.717) is 13.1 Å². The molecular weight excluding hydrogens is 346 g/mol. The molecule has 130 valence electrons. The molecule has 1 aliphatic heterocycles. The maximum absolute atomic E-state index is 12.8. The van der Waals surface area contributed by atoms with E-state index in [-0.39, 0.29) is 34.8 Å². The summed E-state index contributed by atoms with van der Waals surface area (Å²) in [5.74, 6) is -0.0132. The van der Waals surface area contributed by atoms with Crippen LogP contribution in [0.2, 0.25) is 0 Å². The quantitative estimate of drug-likeness (QED) is 0.625. The van der Waals surface area contributed by atoms with Crippen molar-refractivity contribution in [2.45, 2.75) is 23.8 Å². The van der Waals surface area contributed by atoms with Crippen LogP contribution < -0.4 is 10.1 Å². The van der Waals surface area contributed by atoms with Crippen LogP contribution in [0.1, 0.15) is 12.8 Å². The van der Waals surface area contributed by atoms with Gasteiger partial charge in [0.1, 0.15) is 10.6 Å². The fraction of sp³-hybridized carbons (Fsp3) is 0.538. The van der Waals surface area contributed by atoms with Gasteiger partial charge in [0.05, 0.1) is 18.1 Å². The number of sulfonamides is 1. The van der Waals surface area contributed by atoms with Crippen LogP contribution in [-0.2, 0) is 10.0 Å². The van der Waals surface area contributed by atoms with Crippen molar-refractivity contribution < 1.29 is 18.1 Å². The van der Waals surface area contributed by atoms with Crippen molar-refractivity contribution in [2.75, 3.05) is 27.2 Å². The molecule has 0 spiro atoms. The van der Waals surface area contributed by atoms with Gasteiger partial charge in [0, 0.05) is 25.2 Å². The molecule has 0 aromatic heterocycles. The van der Waals surface area contributed by atoms with Crippen LogP contribution >= 0.6 is 12.4 Å². The van der Waals surface area contributed by atoms with Gasteiger partial charge >= 0.3 is 0 Å². The fourth-order valence-corrected chi connectivity index (χ4v) is 4.18. The number of likely N-dealkylation sites (N-methyl/N-ethyl adjacent to an activating group) is 1. The van der Waals surface area contributed by atoms with E-state index in [0.717, 1.165) is 18.9 Å². The molecule has 1 aliphatic rings. The average molecular weight is 366 g/mol. The lowest BCUT2D eigenvalue weighted by Gasteiger charge is -2.31. The Hall–Kier alpha value is -1.42. The minimum absolute atomic E-state index is 0. The van der Waals surface area contributed by atoms with Crippen LogP contribution in [0.4, 0.5) is 5.69 Å². The SMILES string of the molecule is CNC1CCCN(S(=O)(=O)c2ccc([N+](=O)[O-])cc2OC)C1.Cl. The minimum Gasteiger partial charge on any atom is -0.495 e. The summed E-state index contributed by atoms with van der Waals surface area (Å²) in [6.07, 6.45) is 1.68. The third-order valence-corrected chi connectivity index (χ3v) is 5.67. The summed E-state index contributed by atoms with van der Waals surface area (Å²) >= 11 is 0. The molecule has 0 amide bonds. The summed E-state index contributed by atoms with van der Waals surface area (Å²) < 4.78 is 31.9. The zero-order chi connectivity index (χ0) is 16.3. The van der Waals surface area contributed by atoms with Crippen molar-refractivity contribution in [1.82, 2.24) is 9.62 Å². The number of piperidine rings is 1. The molecule has 0 aliphatic carbocycles. The van der Waals surface area contributed by atoms with E-state index in [1.54, 1.807) is 7.05 Å². The topological polar surface area (TPSA) is 102 Å². The van der Waals surface area contributed by atoms with Crippen LogP contribution in [0.25, 0.3) is 0 Å². The normalized spacial score (nSPS) is 19.0. The predicted octanol–water partition coefficient (Wildman–Crippen LogP) is 1.40. The van der Waals surface area contributed by atoms with E-state index in [1.807, 2.05) is 0 Å². The number of non-ortho nitro benzene ring substituents is 1. The van der Waals surface area contributed by atoms with Gasteiger partial charge in [-0.3, -0.25) is 10.1 Å². The van der Waals surface area contributed by atoms with Gasteiger partial charge in [-0.15, -0.1) is 12.4 Å². The largest absolute Gasteiger partial charge is 0.495 e. The van der Waals surface area contributed by atoms with Crippen molar-refractivity contribution in [3.63, 3.8) is 0 Å². The van der Waals surface area contributed by atoms with Crippen LogP contribution in [0.3, 0.4) is 0 Å². The molecule has 1 fully saturated rings. The number of methoxy groups -OCH3 is 1. The summed E-state index contributed by atoms with van der Waals surface area (Å²) in [6.45, 7) is 0.805. The molecule has 1 aromatic rings. The van der Waals surface area contributed by atoms with E-state index < -0.39 is 14.9 Å². The molecule has 1 saturated heterocycles. The second-order valence-corrected chi connectivity index (χ2v) is 6.99. The number of rotatable bonds is 5. The Morgan fingerprint density at radius 2 is 2.13 bits per heavy atom. The first-order valence-corrected chi connectivity index (χ1v) is 8.34. The number of benzene rings is 1. The van der Waals surface area contributed by atoms with E-state index in [1.165, 1.54) is 23.5 Å². The number of nitro groups is 1. The van der Waals surface area contributed by atoms with Gasteiger partial charge in [-0.2, -0.15) is 4.31 Å². The van der Waals surface area contributed by atoms with Gasteiger partial charge in [0.2, 0.25) is 10.0 Å². The molecular formula is C13H20ClN3O5S. The highest BCUT2D eigenvalue weighted by atomic mass is 35.5. The molecule has 0 saturated carbocycles. The fourth-order valence-electron chi connectivity index (χ4n) is 2.52. The molecule has 0 bridgehead atoms. The molecule has 1 atom stereocenters. The average Bonchev–Trinajstić information content (AvgIpc) is 2.54. The van der Waals surface area contributed by atoms with Crippen LogP contribution in [0.15, 0.2) is 23.1 Å². The van der Waals surface area contributed by atoms with Crippen molar-refractivity contribution in [3.8, 4) is 5.75 Å². The maximum atomic E-state index is 12.8. The Morgan fingerprint density at radius 3 is 2.70 bits per heavy atom. The zero-order valence-electron chi connectivity index (χ0n) is 12.9. The number of nitrogens with zero attached hydrogens (tertiary/aromatic N) is 2. The standard InChI is InChI=1S/C13H19N3O5S.ClH/c1-14-10-4-3-7-15(9-10)22(19,20)13-6-5-11(16(17)18)8-12(13)21-2;/h5-6,8,10,14H,3-4,7,9H2,1-2H3;1H. The molecule has 2 rings (SSSR count). The zero-order valence-corrected chi connectivity index (χ0v) is 14.5. The summed E-state index contributed by atoms with van der Waals surface area (Å²) in [5, 5.41) is 13.9. The van der Waals surface area contributed by atoms with Gasteiger partial charge in [-0.1, -0.05) is 0 Å². The van der Waals surface area contributed by atoms with Gasteiger partial charge < -0.3 is 10.1 Å². The number of nitrogens with one attached hydrogen (secondary N) is 1. The molecule has 23 heavy (non-hydrogen) atoms. The van der Waals surface area contributed by atoms with Crippen LogP contribution in [0.5, 0.6) is 5.75 Å². The second-order valence-electron chi connectivity index (χ2n) is 5.08. The first-order chi connectivity index (χ1) is 10.4. The van der Waals surface area contributed by atoms with Gasteiger partial charge in [0.25, 0.3) is 5.69 Å². The highest BCUT2D eigenvalue weighted by Gasteiger charge is 2.32. The Balaban J connectivity index is 0.00000264. The van der Waals surface area contributed by atoms with Crippen LogP contribution in [-0.4, -0.2) is 50.9 Å². The van der Waals surface area contributed by atoms with E-state index in [9.17, 15) is 18.5 Å². The van der Waals surface area contributed by atoms with E-state index in [2.05, 4.69) is 5.32 Å². The first kappa shape index (κ1) is 19.6. The summed E-state index contributed by atoms with van der Waals surface area (Å²) in [7, 11) is -0.649. The van der Waals surface area contributed by atoms with Crippen molar-refractivity contribution >= 4 is 28.1 Å². The summed E-state index contributed by atoms with van der Waals surface area (Å²) in [4.78, 5) is 10.2. The highest BCUT2D eigenvalue weighted by molar-refractivity contribution is 7.89. The molecule has 1 N–H and O–H groups in total. The van der Waals surface area contributed by atoms with E-state index in [4.69, 9.17) is 4.74 Å². The van der Waals surface area contributed by atoms with Crippen LogP contribution in [0, 0.1) is 10.1 Å². The third-order valence-electron chi connectivity index (χ3n) is 3.77. The lowest BCUT2D eigenvalue weighted by atomic mass is 10.1. The molecule has 10 heteroatoms.